The predicted octanol–water partition coefficient (Wildman–Crippen LogP) is 3.30. The van der Waals surface area contributed by atoms with Crippen molar-refractivity contribution < 1.29 is 9.53 Å². The van der Waals surface area contributed by atoms with Crippen LogP contribution in [0.2, 0.25) is 0 Å². The fraction of sp³-hybridized carbons (Fsp3) is 0.0909. The van der Waals surface area contributed by atoms with Gasteiger partial charge >= 0.3 is 0 Å². The molecule has 1 heterocycles. The summed E-state index contributed by atoms with van der Waals surface area (Å²) in [5, 5.41) is 1.93. The molecular weight excluding hydrogens is 290 g/mol. The highest BCUT2D eigenvalue weighted by Gasteiger charge is 2.02. The molecule has 2 rings (SSSR count). The van der Waals surface area contributed by atoms with E-state index in [9.17, 15) is 4.79 Å². The van der Waals surface area contributed by atoms with Crippen LogP contribution in [0, 0.1) is 0 Å². The summed E-state index contributed by atoms with van der Waals surface area (Å²) in [4.78, 5) is 14.8. The van der Waals surface area contributed by atoms with Crippen LogP contribution in [0.4, 0.5) is 0 Å². The minimum Gasteiger partial charge on any atom is -0.487 e. The van der Waals surface area contributed by atoms with Crippen LogP contribution in [0.25, 0.3) is 0 Å². The molecule has 0 aliphatic rings. The molecule has 0 atom stereocenters. The van der Waals surface area contributed by atoms with Gasteiger partial charge in [-0.25, -0.2) is 4.98 Å². The van der Waals surface area contributed by atoms with Crippen molar-refractivity contribution in [1.29, 1.82) is 0 Å². The monoisotopic (exact) mass is 297 g/mol. The first-order valence-corrected chi connectivity index (χ1v) is 6.28. The number of carbonyl (C=O) groups is 1. The van der Waals surface area contributed by atoms with Crippen molar-refractivity contribution in [2.24, 2.45) is 0 Å². The summed E-state index contributed by atoms with van der Waals surface area (Å²) >= 11 is 4.81. The highest BCUT2D eigenvalue weighted by Crippen LogP contribution is 2.21. The second-order valence-corrected chi connectivity index (χ2v) is 4.64. The van der Waals surface area contributed by atoms with Crippen molar-refractivity contribution >= 4 is 33.6 Å². The number of aromatic nitrogens is 1. The molecule has 82 valence electrons. The Labute approximate surface area is 105 Å². The minimum atomic E-state index is 0.420. The predicted molar refractivity (Wildman–Crippen MR) is 66.0 cm³/mol. The molecule has 16 heavy (non-hydrogen) atoms. The highest BCUT2D eigenvalue weighted by molar-refractivity contribution is 9.10. The number of rotatable bonds is 4. The van der Waals surface area contributed by atoms with E-state index in [4.69, 9.17) is 4.74 Å². The Balaban J connectivity index is 2.07. The van der Waals surface area contributed by atoms with Gasteiger partial charge in [-0.3, -0.25) is 4.79 Å². The summed E-state index contributed by atoms with van der Waals surface area (Å²) in [5.74, 6) is 0.665. The summed E-state index contributed by atoms with van der Waals surface area (Å²) in [7, 11) is 0. The molecule has 1 aromatic carbocycles. The maximum atomic E-state index is 10.7. The zero-order chi connectivity index (χ0) is 11.4. The first kappa shape index (κ1) is 11.3. The summed E-state index contributed by atoms with van der Waals surface area (Å²) < 4.78 is 6.28. The summed E-state index contributed by atoms with van der Waals surface area (Å²) in [5.41, 5.74) is 3.23. The lowest BCUT2D eigenvalue weighted by molar-refractivity contribution is 0.112. The fourth-order valence-corrected chi connectivity index (χ4v) is 2.05. The Hall–Kier alpha value is -1.20. The minimum absolute atomic E-state index is 0.420. The summed E-state index contributed by atoms with van der Waals surface area (Å²) in [6.45, 7) is 0.420. The SMILES string of the molecule is O=Cc1cc(OCc2cscn2)ccc1Br. The van der Waals surface area contributed by atoms with E-state index in [-0.39, 0.29) is 0 Å². The average Bonchev–Trinajstić information content (AvgIpc) is 2.81. The molecular formula is C11H8BrNO2S. The second-order valence-electron chi connectivity index (χ2n) is 3.07. The molecule has 0 radical (unpaired) electrons. The first-order valence-electron chi connectivity index (χ1n) is 4.54. The van der Waals surface area contributed by atoms with Gasteiger partial charge in [0.2, 0.25) is 0 Å². The molecule has 0 bridgehead atoms. The molecule has 0 aliphatic heterocycles. The van der Waals surface area contributed by atoms with Crippen LogP contribution in [0.15, 0.2) is 33.6 Å². The van der Waals surface area contributed by atoms with Crippen LogP contribution in [0.3, 0.4) is 0 Å². The van der Waals surface area contributed by atoms with Crippen LogP contribution in [0.1, 0.15) is 16.1 Å². The molecule has 2 aromatic rings. The zero-order valence-electron chi connectivity index (χ0n) is 8.22. The van der Waals surface area contributed by atoms with E-state index in [1.807, 2.05) is 11.4 Å². The third-order valence-corrected chi connectivity index (χ3v) is 3.32. The largest absolute Gasteiger partial charge is 0.487 e. The highest BCUT2D eigenvalue weighted by atomic mass is 79.9. The van der Waals surface area contributed by atoms with E-state index in [1.54, 1.807) is 17.6 Å². The van der Waals surface area contributed by atoms with E-state index < -0.39 is 0 Å². The van der Waals surface area contributed by atoms with Crippen molar-refractivity contribution in [3.05, 3.63) is 44.8 Å². The van der Waals surface area contributed by atoms with E-state index in [1.165, 1.54) is 11.3 Å². The third kappa shape index (κ3) is 2.68. The van der Waals surface area contributed by atoms with Gasteiger partial charge in [-0.05, 0) is 18.2 Å². The van der Waals surface area contributed by atoms with Gasteiger partial charge in [0.15, 0.2) is 6.29 Å². The lowest BCUT2D eigenvalue weighted by Crippen LogP contribution is -1.96. The number of ether oxygens (including phenoxy) is 1. The maximum Gasteiger partial charge on any atom is 0.151 e. The third-order valence-electron chi connectivity index (χ3n) is 1.96. The maximum absolute atomic E-state index is 10.7. The van der Waals surface area contributed by atoms with Crippen LogP contribution in [-0.4, -0.2) is 11.3 Å². The van der Waals surface area contributed by atoms with Crippen LogP contribution >= 0.6 is 27.3 Å². The van der Waals surface area contributed by atoms with Crippen molar-refractivity contribution in [1.82, 2.24) is 4.98 Å². The summed E-state index contributed by atoms with van der Waals surface area (Å²) in [6, 6.07) is 5.30. The number of aldehydes is 1. The van der Waals surface area contributed by atoms with Gasteiger partial charge in [0.05, 0.1) is 11.2 Å². The number of hydrogen-bond donors (Lipinski definition) is 0. The number of benzene rings is 1. The molecule has 0 amide bonds. The Morgan fingerprint density at radius 3 is 3.06 bits per heavy atom. The van der Waals surface area contributed by atoms with Gasteiger partial charge in [-0.1, -0.05) is 15.9 Å². The van der Waals surface area contributed by atoms with E-state index in [0.29, 0.717) is 17.9 Å². The van der Waals surface area contributed by atoms with Gasteiger partial charge in [0, 0.05) is 15.4 Å². The molecule has 5 heteroatoms. The topological polar surface area (TPSA) is 39.2 Å². The fourth-order valence-electron chi connectivity index (χ4n) is 1.17. The van der Waals surface area contributed by atoms with E-state index in [0.717, 1.165) is 16.5 Å². The van der Waals surface area contributed by atoms with Gasteiger partial charge < -0.3 is 4.74 Å². The molecule has 0 aliphatic carbocycles. The van der Waals surface area contributed by atoms with Crippen molar-refractivity contribution in [2.75, 3.05) is 0 Å². The van der Waals surface area contributed by atoms with Crippen LogP contribution in [-0.2, 0) is 6.61 Å². The van der Waals surface area contributed by atoms with Gasteiger partial charge in [0.25, 0.3) is 0 Å². The number of halogens is 1. The standard InChI is InChI=1S/C11H8BrNO2S/c12-11-2-1-10(3-8(11)4-14)15-5-9-6-16-7-13-9/h1-4,6-7H,5H2. The molecule has 0 saturated heterocycles. The average molecular weight is 298 g/mol. The van der Waals surface area contributed by atoms with Gasteiger partial charge in [-0.15, -0.1) is 11.3 Å². The normalized spacial score (nSPS) is 10.1. The molecule has 0 spiro atoms. The van der Waals surface area contributed by atoms with E-state index >= 15 is 0 Å². The zero-order valence-corrected chi connectivity index (χ0v) is 10.6. The Morgan fingerprint density at radius 2 is 2.38 bits per heavy atom. The van der Waals surface area contributed by atoms with Crippen LogP contribution in [0.5, 0.6) is 5.75 Å². The van der Waals surface area contributed by atoms with Gasteiger partial charge in [-0.2, -0.15) is 0 Å². The number of hydrogen-bond acceptors (Lipinski definition) is 4. The number of carbonyl (C=O) groups excluding carboxylic acids is 1. The second kappa shape index (κ2) is 5.23. The Kier molecular flexibility index (Phi) is 3.69. The molecule has 0 N–H and O–H groups in total. The lowest BCUT2D eigenvalue weighted by atomic mass is 10.2. The number of nitrogens with zero attached hydrogens (tertiary/aromatic N) is 1. The molecule has 3 nitrogen and oxygen atoms in total. The van der Waals surface area contributed by atoms with Gasteiger partial charge in [0.1, 0.15) is 12.4 Å². The summed E-state index contributed by atoms with van der Waals surface area (Å²) in [6.07, 6.45) is 0.791. The smallest absolute Gasteiger partial charge is 0.151 e. The molecule has 0 saturated carbocycles. The van der Waals surface area contributed by atoms with Crippen LogP contribution < -0.4 is 4.74 Å². The van der Waals surface area contributed by atoms with Crippen molar-refractivity contribution in [3.63, 3.8) is 0 Å². The Morgan fingerprint density at radius 1 is 1.50 bits per heavy atom. The van der Waals surface area contributed by atoms with Crippen molar-refractivity contribution in [3.8, 4) is 5.75 Å². The molecule has 0 unspecified atom stereocenters. The van der Waals surface area contributed by atoms with Crippen molar-refractivity contribution in [2.45, 2.75) is 6.61 Å². The first-order chi connectivity index (χ1) is 7.79. The Bertz CT molecular complexity index is 485. The van der Waals surface area contributed by atoms with E-state index in [2.05, 4.69) is 20.9 Å². The lowest BCUT2D eigenvalue weighted by Gasteiger charge is -2.05. The quantitative estimate of drug-likeness (QED) is 0.813. The number of thiazole rings is 1. The molecule has 0 fully saturated rings. The molecule has 1 aromatic heterocycles.